The van der Waals surface area contributed by atoms with Gasteiger partial charge in [-0.05, 0) is 18.2 Å². The van der Waals surface area contributed by atoms with E-state index in [2.05, 4.69) is 36.5 Å². The predicted molar refractivity (Wildman–Crippen MR) is 84.1 cm³/mol. The van der Waals surface area contributed by atoms with E-state index in [1.165, 1.54) is 7.11 Å². The van der Waals surface area contributed by atoms with Gasteiger partial charge in [-0.1, -0.05) is 15.9 Å². The Hall–Kier alpha value is -1.58. The summed E-state index contributed by atoms with van der Waals surface area (Å²) < 4.78 is 5.63. The smallest absolute Gasteiger partial charge is 0.306 e. The monoisotopic (exact) mass is 351 g/mol. The lowest BCUT2D eigenvalue weighted by Crippen LogP contribution is -2.47. The topological polar surface area (TPSA) is 56.6 Å². The van der Waals surface area contributed by atoms with Gasteiger partial charge in [-0.25, -0.2) is 0 Å². The number of methoxy groups -OCH3 is 1. The Bertz CT molecular complexity index is 548. The zero-order chi connectivity index (χ0) is 15.2. The van der Waals surface area contributed by atoms with Crippen molar-refractivity contribution >= 4 is 27.6 Å². The van der Waals surface area contributed by atoms with Crippen molar-refractivity contribution < 1.29 is 9.53 Å². The molecular weight excluding hydrogens is 334 g/mol. The number of rotatable bonds is 4. The van der Waals surface area contributed by atoms with Crippen molar-refractivity contribution in [3.63, 3.8) is 0 Å². The van der Waals surface area contributed by atoms with Gasteiger partial charge in [0.1, 0.15) is 6.07 Å². The maximum atomic E-state index is 11.2. The molecule has 0 radical (unpaired) electrons. The molecule has 0 bridgehead atoms. The lowest BCUT2D eigenvalue weighted by Gasteiger charge is -2.36. The van der Waals surface area contributed by atoms with Gasteiger partial charge in [0.2, 0.25) is 0 Å². The summed E-state index contributed by atoms with van der Waals surface area (Å²) in [4.78, 5) is 15.6. The highest BCUT2D eigenvalue weighted by molar-refractivity contribution is 9.10. The third-order valence-electron chi connectivity index (χ3n) is 3.65. The van der Waals surface area contributed by atoms with Crippen LogP contribution in [0.2, 0.25) is 0 Å². The van der Waals surface area contributed by atoms with Gasteiger partial charge in [-0.15, -0.1) is 0 Å². The van der Waals surface area contributed by atoms with Crippen LogP contribution in [0.3, 0.4) is 0 Å². The van der Waals surface area contributed by atoms with Gasteiger partial charge in [0.25, 0.3) is 0 Å². The second-order valence-corrected chi connectivity index (χ2v) is 5.84. The number of ether oxygens (including phenoxy) is 1. The summed E-state index contributed by atoms with van der Waals surface area (Å²) >= 11 is 3.45. The van der Waals surface area contributed by atoms with E-state index in [1.54, 1.807) is 0 Å². The first-order valence-electron chi connectivity index (χ1n) is 6.88. The van der Waals surface area contributed by atoms with Gasteiger partial charge in [-0.2, -0.15) is 5.26 Å². The minimum Gasteiger partial charge on any atom is -0.469 e. The highest BCUT2D eigenvalue weighted by Gasteiger charge is 2.20. The van der Waals surface area contributed by atoms with Gasteiger partial charge < -0.3 is 9.64 Å². The maximum absolute atomic E-state index is 11.2. The molecule has 5 nitrogen and oxygen atoms in total. The Morgan fingerprint density at radius 2 is 2.10 bits per heavy atom. The number of benzene rings is 1. The SMILES string of the molecule is COC(=O)CCN1CCN(c2cc(Br)ccc2C#N)CC1. The molecule has 0 spiro atoms. The molecule has 1 saturated heterocycles. The number of piperazine rings is 1. The second-order valence-electron chi connectivity index (χ2n) is 4.93. The normalized spacial score (nSPS) is 15.6. The summed E-state index contributed by atoms with van der Waals surface area (Å²) in [5, 5.41) is 9.21. The largest absolute Gasteiger partial charge is 0.469 e. The van der Waals surface area contributed by atoms with E-state index in [4.69, 9.17) is 0 Å². The highest BCUT2D eigenvalue weighted by Crippen LogP contribution is 2.25. The van der Waals surface area contributed by atoms with Gasteiger partial charge in [0.05, 0.1) is 24.8 Å². The fourth-order valence-corrected chi connectivity index (χ4v) is 2.77. The van der Waals surface area contributed by atoms with Gasteiger partial charge in [-0.3, -0.25) is 9.69 Å². The number of hydrogen-bond acceptors (Lipinski definition) is 5. The van der Waals surface area contributed by atoms with Crippen LogP contribution in [0.15, 0.2) is 22.7 Å². The lowest BCUT2D eigenvalue weighted by atomic mass is 10.1. The number of esters is 1. The minimum absolute atomic E-state index is 0.170. The Balaban J connectivity index is 1.94. The van der Waals surface area contributed by atoms with E-state index in [0.29, 0.717) is 12.0 Å². The molecule has 1 aromatic rings. The Morgan fingerprint density at radius 1 is 1.38 bits per heavy atom. The lowest BCUT2D eigenvalue weighted by molar-refractivity contribution is -0.141. The van der Waals surface area contributed by atoms with Crippen LogP contribution in [0.25, 0.3) is 0 Å². The van der Waals surface area contributed by atoms with Gasteiger partial charge >= 0.3 is 5.97 Å². The molecule has 1 aliphatic heterocycles. The fourth-order valence-electron chi connectivity index (χ4n) is 2.42. The van der Waals surface area contributed by atoms with Crippen molar-refractivity contribution in [2.45, 2.75) is 6.42 Å². The molecular formula is C15H18BrN3O2. The second kappa shape index (κ2) is 7.43. The molecule has 0 aliphatic carbocycles. The maximum Gasteiger partial charge on any atom is 0.306 e. The van der Waals surface area contributed by atoms with Gasteiger partial charge in [0.15, 0.2) is 0 Å². The van der Waals surface area contributed by atoms with Crippen LogP contribution in [0.4, 0.5) is 5.69 Å². The molecule has 0 unspecified atom stereocenters. The van der Waals surface area contributed by atoms with Crippen LogP contribution in [0, 0.1) is 11.3 Å². The zero-order valence-electron chi connectivity index (χ0n) is 12.0. The summed E-state index contributed by atoms with van der Waals surface area (Å²) in [7, 11) is 1.41. The summed E-state index contributed by atoms with van der Waals surface area (Å²) in [5.74, 6) is -0.170. The highest BCUT2D eigenvalue weighted by atomic mass is 79.9. The molecule has 0 aromatic heterocycles. The predicted octanol–water partition coefficient (Wildman–Crippen LogP) is 2.01. The van der Waals surface area contributed by atoms with Crippen LogP contribution in [-0.4, -0.2) is 50.7 Å². The van der Waals surface area contributed by atoms with Crippen molar-refractivity contribution in [3.05, 3.63) is 28.2 Å². The summed E-state index contributed by atoms with van der Waals surface area (Å²) in [6.45, 7) is 4.20. The molecule has 1 aromatic carbocycles. The average Bonchev–Trinajstić information content (AvgIpc) is 2.53. The van der Waals surface area contributed by atoms with E-state index >= 15 is 0 Å². The molecule has 0 N–H and O–H groups in total. The number of carbonyl (C=O) groups excluding carboxylic acids is 1. The first kappa shape index (κ1) is 15.8. The van der Waals surface area contributed by atoms with Gasteiger partial charge in [0, 0.05) is 37.2 Å². The fraction of sp³-hybridized carbons (Fsp3) is 0.467. The van der Waals surface area contributed by atoms with E-state index in [9.17, 15) is 10.1 Å². The molecule has 1 aliphatic rings. The number of anilines is 1. The third-order valence-corrected chi connectivity index (χ3v) is 4.15. The van der Waals surface area contributed by atoms with Crippen molar-refractivity contribution in [3.8, 4) is 6.07 Å². The van der Waals surface area contributed by atoms with Crippen LogP contribution in [0.1, 0.15) is 12.0 Å². The first-order valence-corrected chi connectivity index (χ1v) is 7.67. The van der Waals surface area contributed by atoms with Crippen molar-refractivity contribution in [2.24, 2.45) is 0 Å². The van der Waals surface area contributed by atoms with E-state index in [-0.39, 0.29) is 5.97 Å². The summed E-state index contributed by atoms with van der Waals surface area (Å²) in [6, 6.07) is 7.95. The molecule has 0 amide bonds. The standard InChI is InChI=1S/C15H18BrN3O2/c1-21-15(20)4-5-18-6-8-19(9-7-18)14-10-13(16)3-2-12(14)11-17/h2-3,10H,4-9H2,1H3. The van der Waals surface area contributed by atoms with E-state index < -0.39 is 0 Å². The van der Waals surface area contributed by atoms with Crippen molar-refractivity contribution in [1.82, 2.24) is 4.90 Å². The summed E-state index contributed by atoms with van der Waals surface area (Å²) in [5.41, 5.74) is 1.67. The molecule has 0 atom stereocenters. The molecule has 112 valence electrons. The first-order chi connectivity index (χ1) is 10.1. The summed E-state index contributed by atoms with van der Waals surface area (Å²) in [6.07, 6.45) is 0.427. The number of carbonyl (C=O) groups is 1. The number of nitrogens with zero attached hydrogens (tertiary/aromatic N) is 3. The molecule has 6 heteroatoms. The zero-order valence-corrected chi connectivity index (χ0v) is 13.6. The number of nitriles is 1. The van der Waals surface area contributed by atoms with Crippen molar-refractivity contribution in [2.75, 3.05) is 44.7 Å². The molecule has 1 heterocycles. The molecule has 0 saturated carbocycles. The molecule has 1 fully saturated rings. The van der Waals surface area contributed by atoms with E-state index in [0.717, 1.165) is 42.9 Å². The number of hydrogen-bond donors (Lipinski definition) is 0. The quantitative estimate of drug-likeness (QED) is 0.776. The van der Waals surface area contributed by atoms with Crippen LogP contribution in [0.5, 0.6) is 0 Å². The van der Waals surface area contributed by atoms with Crippen LogP contribution < -0.4 is 4.90 Å². The van der Waals surface area contributed by atoms with Crippen LogP contribution >= 0.6 is 15.9 Å². The third kappa shape index (κ3) is 4.19. The Kier molecular flexibility index (Phi) is 5.59. The molecule has 21 heavy (non-hydrogen) atoms. The Labute approximate surface area is 133 Å². The molecule has 2 rings (SSSR count). The van der Waals surface area contributed by atoms with E-state index in [1.807, 2.05) is 18.2 Å². The van der Waals surface area contributed by atoms with Crippen molar-refractivity contribution in [1.29, 1.82) is 5.26 Å². The minimum atomic E-state index is -0.170. The Morgan fingerprint density at radius 3 is 2.71 bits per heavy atom. The van der Waals surface area contributed by atoms with Crippen LogP contribution in [-0.2, 0) is 9.53 Å². The average molecular weight is 352 g/mol. The number of halogens is 1.